The van der Waals surface area contributed by atoms with Crippen molar-refractivity contribution in [1.29, 1.82) is 0 Å². The largest absolute Gasteiger partial charge is 0.359 e. The van der Waals surface area contributed by atoms with E-state index in [1.54, 1.807) is 7.05 Å². The van der Waals surface area contributed by atoms with Gasteiger partial charge in [-0.15, -0.1) is 0 Å². The Hall–Kier alpha value is -0.590. The standard InChI is InChI=1S/C9H14IN3O/c1-5(2)4-6-7(10)8(14)13-9(11-3)12-6/h5H,4H2,1-3H3,(H2,11,12,13,14). The zero-order valence-electron chi connectivity index (χ0n) is 8.52. The van der Waals surface area contributed by atoms with E-state index in [9.17, 15) is 4.79 Å². The zero-order valence-corrected chi connectivity index (χ0v) is 10.7. The van der Waals surface area contributed by atoms with Gasteiger partial charge < -0.3 is 5.32 Å². The molecule has 0 saturated carbocycles. The van der Waals surface area contributed by atoms with Crippen molar-refractivity contribution in [3.8, 4) is 0 Å². The molecule has 0 aliphatic heterocycles. The minimum absolute atomic E-state index is 0.0689. The number of nitrogens with one attached hydrogen (secondary N) is 2. The fraction of sp³-hybridized carbons (Fsp3) is 0.556. The number of aromatic amines is 1. The second-order valence-electron chi connectivity index (χ2n) is 3.52. The molecule has 14 heavy (non-hydrogen) atoms. The van der Waals surface area contributed by atoms with Crippen LogP contribution in [0.4, 0.5) is 5.95 Å². The van der Waals surface area contributed by atoms with Crippen molar-refractivity contribution in [2.75, 3.05) is 12.4 Å². The van der Waals surface area contributed by atoms with Crippen molar-refractivity contribution in [2.24, 2.45) is 5.92 Å². The molecule has 1 rings (SSSR count). The highest BCUT2D eigenvalue weighted by Gasteiger charge is 2.09. The van der Waals surface area contributed by atoms with Crippen molar-refractivity contribution >= 4 is 28.5 Å². The molecule has 1 heterocycles. The molecule has 0 aliphatic carbocycles. The van der Waals surface area contributed by atoms with Gasteiger partial charge in [-0.25, -0.2) is 4.98 Å². The van der Waals surface area contributed by atoms with Crippen LogP contribution in [0.25, 0.3) is 0 Å². The first kappa shape index (κ1) is 11.5. The van der Waals surface area contributed by atoms with Crippen LogP contribution in [0.15, 0.2) is 4.79 Å². The van der Waals surface area contributed by atoms with Gasteiger partial charge >= 0.3 is 0 Å². The number of rotatable bonds is 3. The Bertz CT molecular complexity index is 373. The Morgan fingerprint density at radius 2 is 2.21 bits per heavy atom. The minimum atomic E-state index is -0.0689. The van der Waals surface area contributed by atoms with E-state index in [4.69, 9.17) is 0 Å². The number of nitrogens with zero attached hydrogens (tertiary/aromatic N) is 1. The van der Waals surface area contributed by atoms with Gasteiger partial charge in [0.05, 0.1) is 9.26 Å². The molecule has 0 atom stereocenters. The van der Waals surface area contributed by atoms with Crippen molar-refractivity contribution in [3.63, 3.8) is 0 Å². The van der Waals surface area contributed by atoms with E-state index in [1.807, 2.05) is 22.6 Å². The van der Waals surface area contributed by atoms with Crippen LogP contribution in [0.5, 0.6) is 0 Å². The second-order valence-corrected chi connectivity index (χ2v) is 4.60. The van der Waals surface area contributed by atoms with Crippen LogP contribution < -0.4 is 10.9 Å². The fourth-order valence-electron chi connectivity index (χ4n) is 1.15. The predicted molar refractivity (Wildman–Crippen MR) is 65.7 cm³/mol. The van der Waals surface area contributed by atoms with Gasteiger partial charge in [-0.05, 0) is 34.9 Å². The smallest absolute Gasteiger partial charge is 0.265 e. The van der Waals surface area contributed by atoms with Gasteiger partial charge in [-0.2, -0.15) is 0 Å². The molecule has 0 unspecified atom stereocenters. The Balaban J connectivity index is 3.14. The van der Waals surface area contributed by atoms with Crippen molar-refractivity contribution in [1.82, 2.24) is 9.97 Å². The molecule has 0 spiro atoms. The average Bonchev–Trinajstić information content (AvgIpc) is 2.11. The molecule has 4 nitrogen and oxygen atoms in total. The maximum atomic E-state index is 11.5. The summed E-state index contributed by atoms with van der Waals surface area (Å²) >= 11 is 2.04. The van der Waals surface area contributed by atoms with Crippen LogP contribution >= 0.6 is 22.6 Å². The predicted octanol–water partition coefficient (Wildman–Crippen LogP) is 1.61. The average molecular weight is 307 g/mol. The fourth-order valence-corrected chi connectivity index (χ4v) is 1.62. The lowest BCUT2D eigenvalue weighted by atomic mass is 10.1. The van der Waals surface area contributed by atoms with Gasteiger partial charge in [0.25, 0.3) is 5.56 Å². The molecule has 0 saturated heterocycles. The molecule has 0 radical (unpaired) electrons. The maximum absolute atomic E-state index is 11.5. The highest BCUT2D eigenvalue weighted by Crippen LogP contribution is 2.11. The number of anilines is 1. The molecular formula is C9H14IN3O. The summed E-state index contributed by atoms with van der Waals surface area (Å²) in [5.74, 6) is 1.04. The third kappa shape index (κ3) is 2.70. The Morgan fingerprint density at radius 1 is 1.57 bits per heavy atom. The maximum Gasteiger partial charge on any atom is 0.265 e. The van der Waals surface area contributed by atoms with Crippen molar-refractivity contribution in [2.45, 2.75) is 20.3 Å². The van der Waals surface area contributed by atoms with Crippen LogP contribution in [0.1, 0.15) is 19.5 Å². The van der Waals surface area contributed by atoms with Gasteiger partial charge in [-0.1, -0.05) is 13.8 Å². The monoisotopic (exact) mass is 307 g/mol. The first-order valence-corrected chi connectivity index (χ1v) is 5.59. The molecule has 1 aromatic rings. The Kier molecular flexibility index (Phi) is 3.91. The van der Waals surface area contributed by atoms with E-state index in [-0.39, 0.29) is 5.56 Å². The lowest BCUT2D eigenvalue weighted by Crippen LogP contribution is -2.18. The molecule has 2 N–H and O–H groups in total. The van der Waals surface area contributed by atoms with E-state index < -0.39 is 0 Å². The topological polar surface area (TPSA) is 57.8 Å². The van der Waals surface area contributed by atoms with Crippen LogP contribution in [0.3, 0.4) is 0 Å². The number of H-pyrrole nitrogens is 1. The molecule has 0 amide bonds. The Labute approximate surface area is 96.7 Å². The highest BCUT2D eigenvalue weighted by atomic mass is 127. The van der Waals surface area contributed by atoms with Crippen LogP contribution in [0.2, 0.25) is 0 Å². The summed E-state index contributed by atoms with van der Waals surface area (Å²) < 4.78 is 0.690. The lowest BCUT2D eigenvalue weighted by Gasteiger charge is -2.07. The third-order valence-electron chi connectivity index (χ3n) is 1.77. The number of hydrogen-bond acceptors (Lipinski definition) is 3. The van der Waals surface area contributed by atoms with Crippen molar-refractivity contribution in [3.05, 3.63) is 19.6 Å². The quantitative estimate of drug-likeness (QED) is 0.834. The van der Waals surface area contributed by atoms with Crippen LogP contribution in [0, 0.1) is 9.49 Å². The van der Waals surface area contributed by atoms with Gasteiger partial charge in [0.2, 0.25) is 5.95 Å². The first-order chi connectivity index (χ1) is 6.54. The molecule has 5 heteroatoms. The first-order valence-electron chi connectivity index (χ1n) is 4.51. The second kappa shape index (κ2) is 4.77. The number of aromatic nitrogens is 2. The van der Waals surface area contributed by atoms with E-state index in [2.05, 4.69) is 29.1 Å². The lowest BCUT2D eigenvalue weighted by molar-refractivity contribution is 0.631. The van der Waals surface area contributed by atoms with Crippen LogP contribution in [-0.2, 0) is 6.42 Å². The zero-order chi connectivity index (χ0) is 10.7. The molecule has 1 aromatic heterocycles. The van der Waals surface area contributed by atoms with Gasteiger partial charge in [-0.3, -0.25) is 9.78 Å². The summed E-state index contributed by atoms with van der Waals surface area (Å²) in [7, 11) is 1.74. The number of halogens is 1. The summed E-state index contributed by atoms with van der Waals surface area (Å²) in [6, 6.07) is 0. The molecule has 0 fully saturated rings. The highest BCUT2D eigenvalue weighted by molar-refractivity contribution is 14.1. The van der Waals surface area contributed by atoms with E-state index in [0.29, 0.717) is 15.4 Å². The molecular weight excluding hydrogens is 293 g/mol. The molecule has 0 bridgehead atoms. The number of hydrogen-bond donors (Lipinski definition) is 2. The summed E-state index contributed by atoms with van der Waals surface area (Å²) in [6.07, 6.45) is 0.830. The molecule has 0 aromatic carbocycles. The van der Waals surface area contributed by atoms with E-state index >= 15 is 0 Å². The summed E-state index contributed by atoms with van der Waals surface area (Å²) in [5, 5.41) is 2.84. The summed E-state index contributed by atoms with van der Waals surface area (Å²) in [5.41, 5.74) is 0.800. The van der Waals surface area contributed by atoms with E-state index in [0.717, 1.165) is 12.1 Å². The van der Waals surface area contributed by atoms with E-state index in [1.165, 1.54) is 0 Å². The SMILES string of the molecule is CNc1nc(CC(C)C)c(I)c(=O)[nH]1. The Morgan fingerprint density at radius 3 is 2.71 bits per heavy atom. The summed E-state index contributed by atoms with van der Waals surface area (Å²) in [4.78, 5) is 18.4. The van der Waals surface area contributed by atoms with Gasteiger partial charge in [0.15, 0.2) is 0 Å². The van der Waals surface area contributed by atoms with Crippen molar-refractivity contribution < 1.29 is 0 Å². The molecule has 0 aliphatic rings. The van der Waals surface area contributed by atoms with Gasteiger partial charge in [0.1, 0.15) is 0 Å². The third-order valence-corrected chi connectivity index (χ3v) is 2.88. The van der Waals surface area contributed by atoms with Gasteiger partial charge in [0, 0.05) is 7.05 Å². The minimum Gasteiger partial charge on any atom is -0.359 e. The molecule has 78 valence electrons. The normalized spacial score (nSPS) is 10.6. The summed E-state index contributed by atoms with van der Waals surface area (Å²) in [6.45, 7) is 4.22. The van der Waals surface area contributed by atoms with Crippen LogP contribution in [-0.4, -0.2) is 17.0 Å².